The van der Waals surface area contributed by atoms with Crippen molar-refractivity contribution < 1.29 is 27.1 Å². The predicted molar refractivity (Wildman–Crippen MR) is 130 cm³/mol. The number of rotatable bonds is 7. The van der Waals surface area contributed by atoms with Gasteiger partial charge < -0.3 is 20.2 Å². The highest BCUT2D eigenvalue weighted by molar-refractivity contribution is 8.15. The van der Waals surface area contributed by atoms with Crippen LogP contribution in [0.1, 0.15) is 47.8 Å². The van der Waals surface area contributed by atoms with Gasteiger partial charge in [-0.3, -0.25) is 9.79 Å². The molecule has 0 saturated heterocycles. The Balaban J connectivity index is 1.57. The fourth-order valence-corrected chi connectivity index (χ4v) is 5.29. The Morgan fingerprint density at radius 1 is 1.28 bits per heavy atom. The third kappa shape index (κ3) is 5.32. The molecule has 1 aliphatic rings. The first-order chi connectivity index (χ1) is 17.0. The van der Waals surface area contributed by atoms with Crippen molar-refractivity contribution in [3.05, 3.63) is 71.2 Å². The summed E-state index contributed by atoms with van der Waals surface area (Å²) in [5, 5.41) is 2.62. The molecule has 1 aromatic carbocycles. The quantitative estimate of drug-likeness (QED) is 0.457. The van der Waals surface area contributed by atoms with Gasteiger partial charge in [0.2, 0.25) is 5.89 Å². The van der Waals surface area contributed by atoms with Crippen LogP contribution in [0.4, 0.5) is 18.9 Å². The van der Waals surface area contributed by atoms with Crippen LogP contribution in [0, 0.1) is 18.6 Å². The van der Waals surface area contributed by atoms with E-state index in [0.717, 1.165) is 17.8 Å². The number of pyridine rings is 1. The van der Waals surface area contributed by atoms with Crippen molar-refractivity contribution in [2.45, 2.75) is 44.1 Å². The lowest BCUT2D eigenvalue weighted by atomic mass is 9.83. The number of hydrogen-bond acceptors (Lipinski definition) is 8. The number of alkyl halides is 1. The Bertz CT molecular complexity index is 1320. The van der Waals surface area contributed by atoms with E-state index in [1.807, 2.05) is 0 Å². The number of aryl methyl sites for hydroxylation is 1. The first-order valence-corrected chi connectivity index (χ1v) is 11.7. The number of nitrogens with two attached hydrogens (primary N) is 1. The molecule has 12 heteroatoms. The number of amidine groups is 1. The molecule has 2 aromatic heterocycles. The molecule has 0 saturated carbocycles. The second-order valence-electron chi connectivity index (χ2n) is 8.91. The van der Waals surface area contributed by atoms with Crippen LogP contribution in [0.5, 0.6) is 5.75 Å². The number of thioether (sulfide) groups is 1. The van der Waals surface area contributed by atoms with E-state index < -0.39 is 34.5 Å². The number of carbonyl (C=O) groups is 1. The molecular formula is C24H24F3N5O3S. The summed E-state index contributed by atoms with van der Waals surface area (Å²) in [5.41, 5.74) is 4.97. The molecule has 3 heterocycles. The van der Waals surface area contributed by atoms with E-state index in [9.17, 15) is 18.0 Å². The van der Waals surface area contributed by atoms with Crippen LogP contribution in [0.15, 0.2) is 46.3 Å². The van der Waals surface area contributed by atoms with Crippen LogP contribution in [-0.2, 0) is 12.1 Å². The van der Waals surface area contributed by atoms with Crippen LogP contribution in [-0.4, -0.2) is 32.5 Å². The van der Waals surface area contributed by atoms with Gasteiger partial charge in [0.05, 0.1) is 22.7 Å². The van der Waals surface area contributed by atoms with E-state index in [1.54, 1.807) is 26.8 Å². The highest BCUT2D eigenvalue weighted by Crippen LogP contribution is 2.46. The van der Waals surface area contributed by atoms with Crippen molar-refractivity contribution >= 4 is 28.5 Å². The number of aromatic nitrogens is 2. The normalized spacial score (nSPS) is 21.7. The topological polar surface area (TPSA) is 116 Å². The lowest BCUT2D eigenvalue weighted by molar-refractivity contribution is 0.102. The van der Waals surface area contributed by atoms with Gasteiger partial charge in [-0.25, -0.2) is 23.1 Å². The molecule has 3 N–H and O–H groups in total. The molecule has 8 nitrogen and oxygen atoms in total. The van der Waals surface area contributed by atoms with Crippen molar-refractivity contribution in [2.24, 2.45) is 10.7 Å². The van der Waals surface area contributed by atoms with Gasteiger partial charge in [-0.05, 0) is 44.9 Å². The number of aliphatic imine (C=N–C) groups is 1. The van der Waals surface area contributed by atoms with E-state index in [0.29, 0.717) is 17.2 Å². The largest absolute Gasteiger partial charge is 0.482 e. The molecule has 0 unspecified atom stereocenters. The molecule has 0 spiro atoms. The number of carbonyl (C=O) groups excluding carboxylic acids is 1. The molecular weight excluding hydrogens is 495 g/mol. The Morgan fingerprint density at radius 3 is 2.72 bits per heavy atom. The monoisotopic (exact) mass is 519 g/mol. The zero-order chi connectivity index (χ0) is 26.1. The molecule has 0 aliphatic carbocycles. The van der Waals surface area contributed by atoms with Crippen molar-refractivity contribution in [3.8, 4) is 5.75 Å². The molecule has 2 atom stereocenters. The fraction of sp³-hybridized carbons (Fsp3) is 0.333. The summed E-state index contributed by atoms with van der Waals surface area (Å²) in [6.07, 6.45) is 4.35. The zero-order valence-corrected chi connectivity index (χ0v) is 20.6. The number of amides is 1. The maximum Gasteiger partial charge on any atom is 0.274 e. The maximum absolute atomic E-state index is 14.9. The van der Waals surface area contributed by atoms with Gasteiger partial charge in [0.25, 0.3) is 5.91 Å². The number of anilines is 1. The van der Waals surface area contributed by atoms with Gasteiger partial charge in [-0.1, -0.05) is 11.8 Å². The van der Waals surface area contributed by atoms with E-state index in [2.05, 4.69) is 20.3 Å². The first kappa shape index (κ1) is 25.5. The lowest BCUT2D eigenvalue weighted by Gasteiger charge is -2.39. The summed E-state index contributed by atoms with van der Waals surface area (Å²) in [6, 6.07) is 3.75. The molecule has 3 aromatic rings. The molecule has 0 fully saturated rings. The van der Waals surface area contributed by atoms with Crippen LogP contribution >= 0.6 is 11.8 Å². The summed E-state index contributed by atoms with van der Waals surface area (Å²) in [4.78, 5) is 25.3. The Kier molecular flexibility index (Phi) is 6.98. The van der Waals surface area contributed by atoms with Gasteiger partial charge >= 0.3 is 0 Å². The standard InChI is InChI=1S/C24H24F3N5O3S/c1-13-6-15(35-10-18-29-4-5-34-18)9-30-20(13)21(33)31-14-7-16(19(27)17(26)8-14)24(3)11-23(2,12-25)36-22(28)32-24/h4-9H,10-12H2,1-3H3,(H2,28,32)(H,31,33)/t23-,24+/m1/s1. The van der Waals surface area contributed by atoms with Crippen molar-refractivity contribution in [1.82, 2.24) is 9.97 Å². The average molecular weight is 520 g/mol. The third-order valence-electron chi connectivity index (χ3n) is 5.69. The molecule has 1 amide bonds. The zero-order valence-electron chi connectivity index (χ0n) is 19.8. The maximum atomic E-state index is 14.9. The van der Waals surface area contributed by atoms with Crippen LogP contribution in [0.3, 0.4) is 0 Å². The van der Waals surface area contributed by atoms with Gasteiger partial charge in [0.1, 0.15) is 24.4 Å². The minimum absolute atomic E-state index is 0.00510. The Hall–Kier alpha value is -3.54. The number of nitrogens with one attached hydrogen (secondary N) is 1. The number of benzene rings is 1. The Morgan fingerprint density at radius 2 is 2.06 bits per heavy atom. The Labute approximate surface area is 209 Å². The molecule has 1 aliphatic heterocycles. The highest BCUT2D eigenvalue weighted by atomic mass is 32.2. The minimum atomic E-state index is -1.34. The lowest BCUT2D eigenvalue weighted by Crippen LogP contribution is -2.42. The van der Waals surface area contributed by atoms with E-state index >= 15 is 0 Å². The number of hydrogen-bond donors (Lipinski definition) is 2. The van der Waals surface area contributed by atoms with Gasteiger partial charge in [0, 0.05) is 17.3 Å². The first-order valence-electron chi connectivity index (χ1n) is 10.9. The van der Waals surface area contributed by atoms with Crippen molar-refractivity contribution in [1.29, 1.82) is 0 Å². The third-order valence-corrected chi connectivity index (χ3v) is 6.74. The minimum Gasteiger partial charge on any atom is -0.482 e. The second-order valence-corrected chi connectivity index (χ2v) is 10.5. The van der Waals surface area contributed by atoms with Crippen LogP contribution in [0.2, 0.25) is 0 Å². The molecule has 190 valence electrons. The number of ether oxygens (including phenoxy) is 1. The summed E-state index contributed by atoms with van der Waals surface area (Å²) >= 11 is 1.05. The SMILES string of the molecule is Cc1cc(OCc2ncco2)cnc1C(=O)Nc1cc(F)c(F)c([C@]2(C)C[C@](C)(CF)SC(N)=N2)c1. The molecule has 4 rings (SSSR count). The summed E-state index contributed by atoms with van der Waals surface area (Å²) in [6.45, 7) is 4.21. The highest BCUT2D eigenvalue weighted by Gasteiger charge is 2.44. The summed E-state index contributed by atoms with van der Waals surface area (Å²) in [7, 11) is 0. The van der Waals surface area contributed by atoms with E-state index in [4.69, 9.17) is 14.9 Å². The summed E-state index contributed by atoms with van der Waals surface area (Å²) < 4.78 is 52.9. The number of nitrogens with zero attached hydrogens (tertiary/aromatic N) is 3. The van der Waals surface area contributed by atoms with Gasteiger partial charge in [-0.2, -0.15) is 0 Å². The second kappa shape index (κ2) is 9.84. The fourth-order valence-electron chi connectivity index (χ4n) is 4.13. The van der Waals surface area contributed by atoms with Crippen molar-refractivity contribution in [3.63, 3.8) is 0 Å². The smallest absolute Gasteiger partial charge is 0.274 e. The van der Waals surface area contributed by atoms with Crippen LogP contribution < -0.4 is 15.8 Å². The number of halogens is 3. The molecule has 36 heavy (non-hydrogen) atoms. The molecule has 0 bridgehead atoms. The van der Waals surface area contributed by atoms with Crippen LogP contribution in [0.25, 0.3) is 0 Å². The summed E-state index contributed by atoms with van der Waals surface area (Å²) in [5.74, 6) is -2.18. The predicted octanol–water partition coefficient (Wildman–Crippen LogP) is 4.88. The molecule has 0 radical (unpaired) electrons. The van der Waals surface area contributed by atoms with E-state index in [1.165, 1.54) is 24.7 Å². The van der Waals surface area contributed by atoms with E-state index in [-0.39, 0.29) is 35.1 Å². The average Bonchev–Trinajstić information content (AvgIpc) is 3.33. The number of oxazole rings is 1. The van der Waals surface area contributed by atoms with Crippen molar-refractivity contribution in [2.75, 3.05) is 12.0 Å². The van der Waals surface area contributed by atoms with Gasteiger partial charge in [-0.15, -0.1) is 0 Å². The van der Waals surface area contributed by atoms with Gasteiger partial charge in [0.15, 0.2) is 23.4 Å².